The minimum Gasteiger partial charge on any atom is -0.479 e. The highest BCUT2D eigenvalue weighted by atomic mass is 32.1. The van der Waals surface area contributed by atoms with E-state index < -0.39 is 54.3 Å². The second-order valence-electron chi connectivity index (χ2n) is 28.2. The number of aliphatic carboxylic acids is 1. The van der Waals surface area contributed by atoms with Crippen molar-refractivity contribution in [1.82, 2.24) is 34.9 Å². The number of ether oxygens (including phenoxy) is 4. The normalized spacial score (nSPS) is 24.6. The Morgan fingerprint density at radius 1 is 0.788 bits per heavy atom. The van der Waals surface area contributed by atoms with E-state index >= 15 is 0 Å². The summed E-state index contributed by atoms with van der Waals surface area (Å²) in [6.07, 6.45) is 4.21. The number of aliphatic hydroxyl groups is 3. The van der Waals surface area contributed by atoms with Gasteiger partial charge in [0.1, 0.15) is 30.7 Å². The van der Waals surface area contributed by atoms with Crippen molar-refractivity contribution in [2.75, 3.05) is 38.1 Å². The number of aliphatic hydroxyl groups excluding tert-OH is 3. The first-order valence-electron chi connectivity index (χ1n) is 34.0. The summed E-state index contributed by atoms with van der Waals surface area (Å²) in [5.41, 5.74) is 4.38. The summed E-state index contributed by atoms with van der Waals surface area (Å²) in [6, 6.07) is 27.5. The van der Waals surface area contributed by atoms with Crippen molar-refractivity contribution in [3.05, 3.63) is 137 Å². The third-order valence-corrected chi connectivity index (χ3v) is 21.0. The molecule has 13 rings (SSSR count). The number of imide groups is 1. The van der Waals surface area contributed by atoms with Crippen molar-refractivity contribution in [3.8, 4) is 28.1 Å². The number of hydrogen-bond donors (Lipinski definition) is 7. The van der Waals surface area contributed by atoms with Gasteiger partial charge in [-0.2, -0.15) is 5.10 Å². The van der Waals surface area contributed by atoms with Gasteiger partial charge in [0.25, 0.3) is 17.7 Å². The van der Waals surface area contributed by atoms with Crippen LogP contribution in [0.1, 0.15) is 142 Å². The predicted octanol–water partition coefficient (Wildman–Crippen LogP) is 10.0. The lowest BCUT2D eigenvalue weighted by molar-refractivity contribution is -0.271. The summed E-state index contributed by atoms with van der Waals surface area (Å²) in [5.74, 6) is -3.77. The summed E-state index contributed by atoms with van der Waals surface area (Å²) < 4.78 is 27.6. The zero-order valence-electron chi connectivity index (χ0n) is 55.9. The highest BCUT2D eigenvalue weighted by Crippen LogP contribution is 2.72. The van der Waals surface area contributed by atoms with E-state index in [4.69, 9.17) is 29.0 Å². The molecule has 4 aliphatic carbocycles. The Bertz CT molecular complexity index is 4210. The van der Waals surface area contributed by atoms with E-state index in [1.54, 1.807) is 41.4 Å². The number of fused-ring (bicyclic) bond motifs is 2. The van der Waals surface area contributed by atoms with Crippen LogP contribution in [-0.4, -0.2) is 166 Å². The minimum absolute atomic E-state index is 0.0448. The number of carboxylic acid groups (broad SMARTS) is 2. The minimum atomic E-state index is -1.94. The molecule has 2 unspecified atom stereocenters. The SMILES string of the molecule is CCCN(CCOC12CC3(C)CC(C)(CC(Cn4ncc(-c5ccc(-c6ccc7cccc(C(=O)Nc8nc9ccccc9s8)c7c6)nc5C(=O)O)c4C)(C3)C1)C2)C(=O)OCc1ccc(CCCCNC(=O)CCCCCN2C(=O)C=CC2=O)cc1O[C@@H]1O[C@H](C(=O)O)[C@@H](O)[C@H](O)[C@H]1O. The Morgan fingerprint density at radius 3 is 2.31 bits per heavy atom. The van der Waals surface area contributed by atoms with Crippen molar-refractivity contribution in [1.29, 1.82) is 0 Å². The predicted molar refractivity (Wildman–Crippen MR) is 366 cm³/mol. The number of thiazole rings is 1. The van der Waals surface area contributed by atoms with Gasteiger partial charge in [-0.15, -0.1) is 0 Å². The summed E-state index contributed by atoms with van der Waals surface area (Å²) in [4.78, 5) is 101. The first-order valence-corrected chi connectivity index (χ1v) is 34.8. The monoisotopic (exact) mass is 1370 g/mol. The van der Waals surface area contributed by atoms with Crippen LogP contribution < -0.4 is 15.4 Å². The molecule has 25 heteroatoms. The number of rotatable bonds is 29. The maximum Gasteiger partial charge on any atom is 0.410 e. The number of carbonyl (C=O) groups is 7. The van der Waals surface area contributed by atoms with Crippen LogP contribution in [0.5, 0.6) is 5.75 Å². The number of hydrogen-bond acceptors (Lipinski definition) is 18. The quantitative estimate of drug-likeness (QED) is 0.0169. The van der Waals surface area contributed by atoms with Crippen LogP contribution in [0.15, 0.2) is 109 Å². The number of para-hydroxylation sites is 1. The molecule has 5 amide bonds. The Morgan fingerprint density at radius 2 is 1.57 bits per heavy atom. The Labute approximate surface area is 576 Å². The lowest BCUT2D eigenvalue weighted by atomic mass is 9.39. The Hall–Kier alpha value is -8.98. The van der Waals surface area contributed by atoms with Crippen molar-refractivity contribution in [2.24, 2.45) is 16.2 Å². The number of benzene rings is 4. The van der Waals surface area contributed by atoms with Gasteiger partial charge in [-0.1, -0.05) is 87.1 Å². The molecule has 0 spiro atoms. The van der Waals surface area contributed by atoms with Gasteiger partial charge in [0.2, 0.25) is 12.2 Å². The standard InChI is InChI=1S/C74H84N8O16S/c1-5-29-80(70(94)95-36-48-21-20-45(33-55(48)97-68-63(88)61(86)62(87)64(98-68)67(92)93)14-10-11-28-75-57(83)19-7-6-12-30-81-58(84)26-27-59(81)85)31-32-96-74-40-71(3)37-72(4,41-74)39-73(38-71,42-74)43-82-44(2)52(35-76-82)49-24-25-53(77-60(49)66(90)91)47-23-22-46-15-13-16-50(51(46)34-47)65(89)79-69-78-54-17-8-9-18-56(54)99-69/h8-9,13,15-18,20-27,33-35,61-64,68,86-88H,5-7,10-12,14,19,28-32,36-43H2,1-4H3,(H,75,83)(H,90,91)(H,92,93)(H,78,79,89)/t61-,62-,63+,64-,68+,71?,72?,73?,74?/m0/s1. The number of aryl methyl sites for hydroxylation is 1. The van der Waals surface area contributed by atoms with E-state index in [2.05, 4.69) is 29.5 Å². The molecule has 0 radical (unpaired) electrons. The topological polar surface area (TPSA) is 332 Å². The molecule has 24 nitrogen and oxygen atoms in total. The maximum absolute atomic E-state index is 14.2. The molecular formula is C74H84N8O16S. The third kappa shape index (κ3) is 15.4. The van der Waals surface area contributed by atoms with Crippen molar-refractivity contribution >= 4 is 79.1 Å². The molecule has 7 aromatic rings. The molecule has 99 heavy (non-hydrogen) atoms. The fourth-order valence-electron chi connectivity index (χ4n) is 16.6. The van der Waals surface area contributed by atoms with E-state index in [0.717, 1.165) is 65.4 Å². The number of anilines is 1. The Balaban J connectivity index is 0.682. The van der Waals surface area contributed by atoms with Crippen LogP contribution in [-0.2, 0) is 53.0 Å². The number of aromatic carboxylic acids is 1. The molecule has 5 heterocycles. The number of aromatic nitrogens is 4. The lowest BCUT2D eigenvalue weighted by Crippen LogP contribution is -2.64. The molecule has 3 aromatic heterocycles. The van der Waals surface area contributed by atoms with Crippen LogP contribution in [0.25, 0.3) is 43.4 Å². The van der Waals surface area contributed by atoms with Crippen LogP contribution in [0.3, 0.4) is 0 Å². The Kier molecular flexibility index (Phi) is 20.5. The molecule has 2 aliphatic heterocycles. The molecule has 522 valence electrons. The number of amides is 5. The number of unbranched alkanes of at least 4 members (excludes halogenated alkanes) is 3. The smallest absolute Gasteiger partial charge is 0.410 e. The number of carboxylic acids is 2. The van der Waals surface area contributed by atoms with Crippen LogP contribution in [0.4, 0.5) is 9.93 Å². The number of carbonyl (C=O) groups excluding carboxylic acids is 5. The third-order valence-electron chi connectivity index (χ3n) is 20.0. The lowest BCUT2D eigenvalue weighted by Gasteiger charge is -2.69. The molecule has 4 bridgehead atoms. The molecule has 7 atom stereocenters. The molecule has 1 saturated heterocycles. The van der Waals surface area contributed by atoms with Crippen LogP contribution >= 0.6 is 11.3 Å². The number of nitrogens with one attached hydrogen (secondary N) is 2. The average Bonchev–Trinajstić information content (AvgIpc) is 0.930. The van der Waals surface area contributed by atoms with Gasteiger partial charge in [0, 0.05) is 84.8 Å². The second-order valence-corrected chi connectivity index (χ2v) is 29.2. The fraction of sp³-hybridized carbons (Fsp3) is 0.459. The van der Waals surface area contributed by atoms with Crippen molar-refractivity contribution < 1.29 is 78.0 Å². The van der Waals surface area contributed by atoms with E-state index in [0.29, 0.717) is 122 Å². The van der Waals surface area contributed by atoms with Gasteiger partial charge in [0.05, 0.1) is 34.3 Å². The van der Waals surface area contributed by atoms with Gasteiger partial charge in [-0.3, -0.25) is 34.1 Å². The van der Waals surface area contributed by atoms with Crippen LogP contribution in [0, 0.1) is 23.2 Å². The first kappa shape index (κ1) is 69.9. The summed E-state index contributed by atoms with van der Waals surface area (Å²) in [5, 5.41) is 65.4. The molecule has 4 saturated carbocycles. The second kappa shape index (κ2) is 29.1. The highest BCUT2D eigenvalue weighted by Gasteiger charge is 2.66. The van der Waals surface area contributed by atoms with E-state index in [9.17, 15) is 59.1 Å². The summed E-state index contributed by atoms with van der Waals surface area (Å²) >= 11 is 1.39. The maximum atomic E-state index is 14.2. The molecule has 6 aliphatic rings. The summed E-state index contributed by atoms with van der Waals surface area (Å²) in [6.45, 7) is 10.4. The number of nitrogens with zero attached hydrogens (tertiary/aromatic N) is 6. The van der Waals surface area contributed by atoms with Gasteiger partial charge in [-0.05, 0) is 159 Å². The zero-order valence-corrected chi connectivity index (χ0v) is 56.8. The fourth-order valence-corrected chi connectivity index (χ4v) is 17.5. The van der Waals surface area contributed by atoms with Gasteiger partial charge in [0.15, 0.2) is 16.9 Å². The van der Waals surface area contributed by atoms with E-state index in [1.807, 2.05) is 79.2 Å². The van der Waals surface area contributed by atoms with Crippen molar-refractivity contribution in [2.45, 2.75) is 167 Å². The average molecular weight is 1370 g/mol. The van der Waals surface area contributed by atoms with Crippen molar-refractivity contribution in [3.63, 3.8) is 0 Å². The number of pyridine rings is 1. The summed E-state index contributed by atoms with van der Waals surface area (Å²) in [7, 11) is 0. The molecule has 7 N–H and O–H groups in total. The first-order chi connectivity index (χ1) is 47.4. The largest absolute Gasteiger partial charge is 0.479 e. The molecule has 5 fully saturated rings. The van der Waals surface area contributed by atoms with Gasteiger partial charge >= 0.3 is 18.0 Å². The van der Waals surface area contributed by atoms with E-state index in [1.165, 1.54) is 28.4 Å². The molecule has 4 aromatic carbocycles. The van der Waals surface area contributed by atoms with E-state index in [-0.39, 0.29) is 71.1 Å². The van der Waals surface area contributed by atoms with Gasteiger partial charge in [-0.25, -0.2) is 24.4 Å². The molecular weight excluding hydrogens is 1290 g/mol. The zero-order chi connectivity index (χ0) is 70.0. The highest BCUT2D eigenvalue weighted by molar-refractivity contribution is 7.22. The van der Waals surface area contributed by atoms with Gasteiger partial charge < -0.3 is 54.7 Å². The van der Waals surface area contributed by atoms with Crippen LogP contribution in [0.2, 0.25) is 0 Å².